The molecule has 1 rings (SSSR count). The number of sulfone groups is 1. The Hall–Kier alpha value is -0.100. The maximum atomic E-state index is 11.7. The van der Waals surface area contributed by atoms with Gasteiger partial charge in [0.15, 0.2) is 9.84 Å². The molecule has 0 fully saturated rings. The van der Waals surface area contributed by atoms with E-state index >= 15 is 0 Å². The number of rotatable bonds is 6. The monoisotopic (exact) mass is 367 g/mol. The molecule has 2 unspecified atom stereocenters. The van der Waals surface area contributed by atoms with E-state index in [0.717, 1.165) is 16.6 Å². The second kappa shape index (κ2) is 7.07. The molecule has 1 aromatic carbocycles. The summed E-state index contributed by atoms with van der Waals surface area (Å²) in [6.07, 6.45) is 1.86. The molecule has 0 amide bonds. The summed E-state index contributed by atoms with van der Waals surface area (Å²) in [7, 11) is -3.08. The molecule has 0 aliphatic rings. The van der Waals surface area contributed by atoms with Crippen LogP contribution in [0.2, 0.25) is 5.02 Å². The number of hydrogen-bond acceptors (Lipinski definition) is 3. The van der Waals surface area contributed by atoms with Crippen molar-refractivity contribution in [1.82, 2.24) is 5.32 Å². The van der Waals surface area contributed by atoms with E-state index in [9.17, 15) is 8.42 Å². The Kier molecular flexibility index (Phi) is 6.30. The Morgan fingerprint density at radius 3 is 2.53 bits per heavy atom. The molecule has 0 saturated heterocycles. The van der Waals surface area contributed by atoms with Crippen LogP contribution in [-0.2, 0) is 16.3 Å². The maximum Gasteiger partial charge on any atom is 0.151 e. The summed E-state index contributed by atoms with van der Waals surface area (Å²) < 4.78 is 24.3. The molecule has 108 valence electrons. The predicted molar refractivity (Wildman–Crippen MR) is 84.6 cm³/mol. The zero-order valence-corrected chi connectivity index (χ0v) is 14.4. The first-order chi connectivity index (χ1) is 8.75. The molecule has 1 aromatic rings. The van der Waals surface area contributed by atoms with Gasteiger partial charge in [0.25, 0.3) is 0 Å². The lowest BCUT2D eigenvalue weighted by Crippen LogP contribution is -2.43. The molecule has 0 saturated carbocycles. The topological polar surface area (TPSA) is 46.2 Å². The summed E-state index contributed by atoms with van der Waals surface area (Å²) in [5.74, 6) is 0. The lowest BCUT2D eigenvalue weighted by molar-refractivity contribution is 0.494. The molecule has 0 heterocycles. The Morgan fingerprint density at radius 2 is 2.05 bits per heavy atom. The minimum absolute atomic E-state index is 0.140. The van der Waals surface area contributed by atoms with Crippen molar-refractivity contribution in [2.75, 3.05) is 12.8 Å². The van der Waals surface area contributed by atoms with Gasteiger partial charge < -0.3 is 5.32 Å². The third-order valence-electron chi connectivity index (χ3n) is 3.16. The van der Waals surface area contributed by atoms with Gasteiger partial charge in [-0.15, -0.1) is 0 Å². The van der Waals surface area contributed by atoms with Gasteiger partial charge in [-0.05, 0) is 37.6 Å². The number of halogens is 2. The summed E-state index contributed by atoms with van der Waals surface area (Å²) in [6, 6.07) is 5.52. The molecule has 0 radical (unpaired) electrons. The third-order valence-corrected chi connectivity index (χ3v) is 5.69. The Bertz CT molecular complexity index is 533. The van der Waals surface area contributed by atoms with E-state index in [-0.39, 0.29) is 6.04 Å². The number of nitrogens with one attached hydrogen (secondary N) is 1. The number of likely N-dealkylation sites (N-methyl/N-ethyl adjacent to an activating group) is 1. The third kappa shape index (κ3) is 5.06. The molecule has 0 aliphatic heterocycles. The van der Waals surface area contributed by atoms with Crippen LogP contribution in [0.4, 0.5) is 0 Å². The number of hydrogen-bond donors (Lipinski definition) is 1. The molecule has 0 aliphatic carbocycles. The van der Waals surface area contributed by atoms with Gasteiger partial charge in [-0.25, -0.2) is 8.42 Å². The van der Waals surface area contributed by atoms with Crippen LogP contribution in [0.5, 0.6) is 0 Å². The normalized spacial score (nSPS) is 15.2. The van der Waals surface area contributed by atoms with Gasteiger partial charge in [0.2, 0.25) is 0 Å². The van der Waals surface area contributed by atoms with Crippen molar-refractivity contribution in [2.24, 2.45) is 0 Å². The summed E-state index contributed by atoms with van der Waals surface area (Å²) in [4.78, 5) is 0. The van der Waals surface area contributed by atoms with Gasteiger partial charge in [-0.2, -0.15) is 0 Å². The Balaban J connectivity index is 2.96. The van der Waals surface area contributed by atoms with Crippen molar-refractivity contribution in [3.05, 3.63) is 33.3 Å². The summed E-state index contributed by atoms with van der Waals surface area (Å²) in [5.41, 5.74) is 0.950. The standard InChI is InChI=1S/C13H19BrClNO2S/c1-4-16-13(9(2)19(3,17)18)7-10-5-6-11(14)8-12(10)15/h5-6,8-9,13,16H,4,7H2,1-3H3. The van der Waals surface area contributed by atoms with Crippen LogP contribution in [-0.4, -0.2) is 32.5 Å². The Morgan fingerprint density at radius 1 is 1.42 bits per heavy atom. The molecule has 0 bridgehead atoms. The van der Waals surface area contributed by atoms with Crippen molar-refractivity contribution >= 4 is 37.4 Å². The van der Waals surface area contributed by atoms with Gasteiger partial charge in [-0.1, -0.05) is 40.5 Å². The van der Waals surface area contributed by atoms with Crippen molar-refractivity contribution in [1.29, 1.82) is 0 Å². The van der Waals surface area contributed by atoms with Crippen LogP contribution in [0.25, 0.3) is 0 Å². The van der Waals surface area contributed by atoms with Crippen LogP contribution in [0, 0.1) is 0 Å². The van der Waals surface area contributed by atoms with Crippen LogP contribution in [0.15, 0.2) is 22.7 Å². The molecular weight excluding hydrogens is 350 g/mol. The molecule has 6 heteroatoms. The molecule has 1 N–H and O–H groups in total. The van der Waals surface area contributed by atoms with E-state index in [4.69, 9.17) is 11.6 Å². The fourth-order valence-corrected chi connectivity index (χ4v) is 3.43. The average Bonchev–Trinajstić information content (AvgIpc) is 2.29. The molecule has 2 atom stereocenters. The van der Waals surface area contributed by atoms with Gasteiger partial charge in [0.05, 0.1) is 5.25 Å². The molecule has 19 heavy (non-hydrogen) atoms. The van der Waals surface area contributed by atoms with Crippen LogP contribution in [0.1, 0.15) is 19.4 Å². The molecular formula is C13H19BrClNO2S. The summed E-state index contributed by atoms with van der Waals surface area (Å²) >= 11 is 9.54. The van der Waals surface area contributed by atoms with Gasteiger partial charge in [-0.3, -0.25) is 0 Å². The van der Waals surface area contributed by atoms with Crippen molar-refractivity contribution in [3.63, 3.8) is 0 Å². The lowest BCUT2D eigenvalue weighted by atomic mass is 10.0. The van der Waals surface area contributed by atoms with E-state index in [2.05, 4.69) is 21.2 Å². The highest BCUT2D eigenvalue weighted by atomic mass is 79.9. The van der Waals surface area contributed by atoms with E-state index in [1.54, 1.807) is 6.92 Å². The van der Waals surface area contributed by atoms with Crippen LogP contribution in [0.3, 0.4) is 0 Å². The van der Waals surface area contributed by atoms with Crippen molar-refractivity contribution in [2.45, 2.75) is 31.6 Å². The van der Waals surface area contributed by atoms with Crippen molar-refractivity contribution in [3.8, 4) is 0 Å². The molecule has 0 aromatic heterocycles. The second-order valence-electron chi connectivity index (χ2n) is 4.64. The first-order valence-electron chi connectivity index (χ1n) is 6.12. The predicted octanol–water partition coefficient (Wildman–Crippen LogP) is 3.06. The van der Waals surface area contributed by atoms with Crippen molar-refractivity contribution < 1.29 is 8.42 Å². The van der Waals surface area contributed by atoms with Crippen LogP contribution < -0.4 is 5.32 Å². The first-order valence-corrected chi connectivity index (χ1v) is 9.24. The highest BCUT2D eigenvalue weighted by molar-refractivity contribution is 9.10. The zero-order chi connectivity index (χ0) is 14.6. The highest BCUT2D eigenvalue weighted by Crippen LogP contribution is 2.23. The van der Waals surface area contributed by atoms with Gasteiger partial charge in [0, 0.05) is 21.8 Å². The maximum absolute atomic E-state index is 11.7. The Labute approximate surface area is 128 Å². The largest absolute Gasteiger partial charge is 0.313 e. The zero-order valence-electron chi connectivity index (χ0n) is 11.3. The van der Waals surface area contributed by atoms with E-state index in [1.807, 2.05) is 25.1 Å². The smallest absolute Gasteiger partial charge is 0.151 e. The molecule has 3 nitrogen and oxygen atoms in total. The van der Waals surface area contributed by atoms with E-state index in [1.165, 1.54) is 6.26 Å². The lowest BCUT2D eigenvalue weighted by Gasteiger charge is -2.24. The SMILES string of the molecule is CCNC(Cc1ccc(Br)cc1Cl)C(C)S(C)(=O)=O. The van der Waals surface area contributed by atoms with E-state index < -0.39 is 15.1 Å². The fourth-order valence-electron chi connectivity index (χ4n) is 1.89. The summed E-state index contributed by atoms with van der Waals surface area (Å²) in [5, 5.41) is 3.43. The fraction of sp³-hybridized carbons (Fsp3) is 0.538. The minimum Gasteiger partial charge on any atom is -0.313 e. The summed E-state index contributed by atoms with van der Waals surface area (Å²) in [6.45, 7) is 4.42. The van der Waals surface area contributed by atoms with Gasteiger partial charge in [0.1, 0.15) is 0 Å². The first kappa shape index (κ1) is 17.0. The number of benzene rings is 1. The second-order valence-corrected chi connectivity index (χ2v) is 8.36. The highest BCUT2D eigenvalue weighted by Gasteiger charge is 2.25. The van der Waals surface area contributed by atoms with Crippen LogP contribution >= 0.6 is 27.5 Å². The quantitative estimate of drug-likeness (QED) is 0.839. The van der Waals surface area contributed by atoms with Gasteiger partial charge >= 0.3 is 0 Å². The molecule has 0 spiro atoms. The minimum atomic E-state index is -3.08. The van der Waals surface area contributed by atoms with E-state index in [0.29, 0.717) is 11.4 Å². The average molecular weight is 369 g/mol.